The lowest BCUT2D eigenvalue weighted by atomic mass is 10.2. The lowest BCUT2D eigenvalue weighted by molar-refractivity contribution is 0.535. The molecule has 4 heteroatoms. The molecule has 2 N–H and O–H groups in total. The zero-order valence-electron chi connectivity index (χ0n) is 8.24. The Morgan fingerprint density at radius 3 is 1.83 bits per heavy atom. The van der Waals surface area contributed by atoms with Crippen molar-refractivity contribution >= 4 is 9.84 Å². The molecule has 0 aromatic rings. The first-order valence-electron chi connectivity index (χ1n) is 4.26. The summed E-state index contributed by atoms with van der Waals surface area (Å²) in [4.78, 5) is 0. The molecule has 0 aliphatic heterocycles. The minimum absolute atomic E-state index is 0.156. The van der Waals surface area contributed by atoms with Gasteiger partial charge in [-0.25, -0.2) is 8.42 Å². The molecule has 0 spiro atoms. The summed E-state index contributed by atoms with van der Waals surface area (Å²) in [6.45, 7) is 7.43. The second-order valence-electron chi connectivity index (χ2n) is 3.58. The monoisotopic (exact) mass is 193 g/mol. The van der Waals surface area contributed by atoms with Gasteiger partial charge in [0, 0.05) is 6.54 Å². The predicted octanol–water partition coefficient (Wildman–Crippen LogP) is 0.793. The summed E-state index contributed by atoms with van der Waals surface area (Å²) < 4.78 is 23.2. The van der Waals surface area contributed by atoms with Gasteiger partial charge in [-0.2, -0.15) is 0 Å². The predicted molar refractivity (Wildman–Crippen MR) is 51.7 cm³/mol. The van der Waals surface area contributed by atoms with Crippen molar-refractivity contribution in [1.82, 2.24) is 0 Å². The first-order chi connectivity index (χ1) is 5.34. The maximum Gasteiger partial charge on any atom is 0.156 e. The molecule has 0 saturated heterocycles. The lowest BCUT2D eigenvalue weighted by Gasteiger charge is -2.20. The summed E-state index contributed by atoms with van der Waals surface area (Å²) in [6.07, 6.45) is 0. The molecule has 0 aromatic heterocycles. The van der Waals surface area contributed by atoms with Crippen LogP contribution in [0.2, 0.25) is 0 Å². The molecule has 2 atom stereocenters. The van der Waals surface area contributed by atoms with E-state index in [0.29, 0.717) is 0 Å². The number of sulfone groups is 1. The van der Waals surface area contributed by atoms with Crippen molar-refractivity contribution < 1.29 is 8.42 Å². The molecule has 3 nitrogen and oxygen atoms in total. The normalized spacial score (nSPS) is 17.8. The molecule has 0 bridgehead atoms. The number of hydrogen-bond acceptors (Lipinski definition) is 3. The van der Waals surface area contributed by atoms with Crippen molar-refractivity contribution in [3.05, 3.63) is 0 Å². The highest BCUT2D eigenvalue weighted by Crippen LogP contribution is 2.15. The third-order valence-electron chi connectivity index (χ3n) is 2.35. The Bertz CT molecular complexity index is 221. The Hall–Kier alpha value is -0.0900. The summed E-state index contributed by atoms with van der Waals surface area (Å²) in [5, 5.41) is -0.717. The fourth-order valence-electron chi connectivity index (χ4n) is 0.880. The summed E-state index contributed by atoms with van der Waals surface area (Å²) in [5.74, 6) is 0.156. The molecule has 0 amide bonds. The maximum absolute atomic E-state index is 11.6. The van der Waals surface area contributed by atoms with Crippen molar-refractivity contribution in [3.8, 4) is 0 Å². The molecule has 0 aliphatic carbocycles. The molecule has 0 saturated carbocycles. The second kappa shape index (κ2) is 4.23. The van der Waals surface area contributed by atoms with Crippen LogP contribution in [0, 0.1) is 5.92 Å². The van der Waals surface area contributed by atoms with Crippen LogP contribution in [0.5, 0.6) is 0 Å². The largest absolute Gasteiger partial charge is 0.329 e. The average molecular weight is 193 g/mol. The Kier molecular flexibility index (Phi) is 4.20. The van der Waals surface area contributed by atoms with E-state index in [-0.39, 0.29) is 17.7 Å². The van der Waals surface area contributed by atoms with Crippen LogP contribution in [0.1, 0.15) is 27.7 Å². The van der Waals surface area contributed by atoms with Crippen LogP contribution in [-0.4, -0.2) is 25.5 Å². The summed E-state index contributed by atoms with van der Waals surface area (Å²) >= 11 is 0. The zero-order valence-corrected chi connectivity index (χ0v) is 9.06. The fraction of sp³-hybridized carbons (Fsp3) is 1.00. The van der Waals surface area contributed by atoms with Gasteiger partial charge in [-0.3, -0.25) is 0 Å². The van der Waals surface area contributed by atoms with E-state index in [9.17, 15) is 8.42 Å². The van der Waals surface area contributed by atoms with E-state index in [1.165, 1.54) is 0 Å². The minimum Gasteiger partial charge on any atom is -0.329 e. The van der Waals surface area contributed by atoms with Gasteiger partial charge < -0.3 is 5.73 Å². The number of rotatable bonds is 4. The summed E-state index contributed by atoms with van der Waals surface area (Å²) in [5.41, 5.74) is 5.32. The Morgan fingerprint density at radius 1 is 1.17 bits per heavy atom. The molecule has 0 rings (SSSR count). The highest BCUT2D eigenvalue weighted by Gasteiger charge is 2.28. The number of nitrogens with two attached hydrogens (primary N) is 1. The van der Waals surface area contributed by atoms with E-state index in [0.717, 1.165) is 0 Å². The third kappa shape index (κ3) is 2.45. The van der Waals surface area contributed by atoms with Crippen molar-refractivity contribution in [2.45, 2.75) is 38.2 Å². The van der Waals surface area contributed by atoms with Gasteiger partial charge in [-0.15, -0.1) is 0 Å². The Labute approximate surface area is 75.3 Å². The molecular formula is C8H19NO2S. The molecule has 2 unspecified atom stereocenters. The highest BCUT2D eigenvalue weighted by atomic mass is 32.2. The van der Waals surface area contributed by atoms with Crippen molar-refractivity contribution in [1.29, 1.82) is 0 Å². The first kappa shape index (κ1) is 11.9. The van der Waals surface area contributed by atoms with Gasteiger partial charge in [0.05, 0.1) is 10.5 Å². The second-order valence-corrected chi connectivity index (χ2v) is 6.31. The van der Waals surface area contributed by atoms with Gasteiger partial charge >= 0.3 is 0 Å². The van der Waals surface area contributed by atoms with Gasteiger partial charge in [0.15, 0.2) is 9.84 Å². The highest BCUT2D eigenvalue weighted by molar-refractivity contribution is 7.92. The molecule has 0 fully saturated rings. The molecule has 74 valence electrons. The summed E-state index contributed by atoms with van der Waals surface area (Å²) in [7, 11) is -3.01. The van der Waals surface area contributed by atoms with Crippen LogP contribution in [0.25, 0.3) is 0 Å². The van der Waals surface area contributed by atoms with Crippen molar-refractivity contribution in [2.75, 3.05) is 6.54 Å². The smallest absolute Gasteiger partial charge is 0.156 e. The van der Waals surface area contributed by atoms with Crippen LogP contribution in [0.4, 0.5) is 0 Å². The van der Waals surface area contributed by atoms with E-state index in [1.54, 1.807) is 13.8 Å². The molecule has 0 aromatic carbocycles. The average Bonchev–Trinajstić information content (AvgIpc) is 2.01. The van der Waals surface area contributed by atoms with Crippen LogP contribution < -0.4 is 5.73 Å². The maximum atomic E-state index is 11.6. The Morgan fingerprint density at radius 2 is 1.58 bits per heavy atom. The fourth-order valence-corrected chi connectivity index (χ4v) is 2.64. The van der Waals surface area contributed by atoms with Crippen molar-refractivity contribution in [2.24, 2.45) is 11.7 Å². The quantitative estimate of drug-likeness (QED) is 0.718. The van der Waals surface area contributed by atoms with Crippen LogP contribution in [0.3, 0.4) is 0 Å². The van der Waals surface area contributed by atoms with Gasteiger partial charge in [-0.05, 0) is 19.8 Å². The van der Waals surface area contributed by atoms with Crippen LogP contribution in [0.15, 0.2) is 0 Å². The van der Waals surface area contributed by atoms with Crippen LogP contribution >= 0.6 is 0 Å². The van der Waals surface area contributed by atoms with E-state index in [1.807, 2.05) is 13.8 Å². The molecular weight excluding hydrogens is 174 g/mol. The standard InChI is InChI=1S/C8H19NO2S/c1-6(2)8(4)12(10,11)7(3)5-9/h6-8H,5,9H2,1-4H3. The van der Waals surface area contributed by atoms with E-state index >= 15 is 0 Å². The van der Waals surface area contributed by atoms with Gasteiger partial charge in [0.1, 0.15) is 0 Å². The van der Waals surface area contributed by atoms with Crippen LogP contribution in [-0.2, 0) is 9.84 Å². The molecule has 0 heterocycles. The van der Waals surface area contributed by atoms with E-state index in [4.69, 9.17) is 5.73 Å². The third-order valence-corrected chi connectivity index (χ3v) is 5.24. The molecule has 0 radical (unpaired) electrons. The molecule has 0 aliphatic rings. The zero-order chi connectivity index (χ0) is 9.94. The summed E-state index contributed by atoms with van der Waals surface area (Å²) in [6, 6.07) is 0. The topological polar surface area (TPSA) is 60.2 Å². The van der Waals surface area contributed by atoms with E-state index in [2.05, 4.69) is 0 Å². The van der Waals surface area contributed by atoms with Gasteiger partial charge in [0.2, 0.25) is 0 Å². The first-order valence-corrected chi connectivity index (χ1v) is 5.87. The molecule has 12 heavy (non-hydrogen) atoms. The lowest BCUT2D eigenvalue weighted by Crippen LogP contribution is -2.36. The van der Waals surface area contributed by atoms with Gasteiger partial charge in [0.25, 0.3) is 0 Å². The number of hydrogen-bond donors (Lipinski definition) is 1. The van der Waals surface area contributed by atoms with Gasteiger partial charge in [-0.1, -0.05) is 13.8 Å². The minimum atomic E-state index is -3.01. The van der Waals surface area contributed by atoms with Crippen molar-refractivity contribution in [3.63, 3.8) is 0 Å². The Balaban J connectivity index is 4.62. The van der Waals surface area contributed by atoms with E-state index < -0.39 is 15.1 Å². The SMILES string of the molecule is CC(C)C(C)S(=O)(=O)C(C)CN.